The normalized spacial score (nSPS) is 11.5. The maximum absolute atomic E-state index is 11.9. The van der Waals surface area contributed by atoms with Crippen LogP contribution in [0.4, 0.5) is 0 Å². The fourth-order valence-corrected chi connectivity index (χ4v) is 2.74. The van der Waals surface area contributed by atoms with E-state index in [-0.39, 0.29) is 24.6 Å². The van der Waals surface area contributed by atoms with Crippen LogP contribution in [0.15, 0.2) is 28.7 Å². The second kappa shape index (κ2) is 7.59. The molecule has 0 aliphatic carbocycles. The van der Waals surface area contributed by atoms with Crippen molar-refractivity contribution in [2.45, 2.75) is 20.3 Å². The highest BCUT2D eigenvalue weighted by atomic mass is 32.2. The van der Waals surface area contributed by atoms with E-state index in [9.17, 15) is 13.2 Å². The van der Waals surface area contributed by atoms with E-state index in [0.717, 1.165) is 11.1 Å². The molecule has 2 N–H and O–H groups in total. The zero-order valence-corrected chi connectivity index (χ0v) is 14.7. The third kappa shape index (κ3) is 4.65. The largest absolute Gasteiger partial charge is 0.441 e. The maximum Gasteiger partial charge on any atom is 0.226 e. The summed E-state index contributed by atoms with van der Waals surface area (Å²) >= 11 is 0. The molecule has 0 aliphatic heterocycles. The molecule has 24 heavy (non-hydrogen) atoms. The van der Waals surface area contributed by atoms with E-state index in [4.69, 9.17) is 4.42 Å². The minimum absolute atomic E-state index is 0.0425. The van der Waals surface area contributed by atoms with Crippen molar-refractivity contribution in [2.24, 2.45) is 0 Å². The molecule has 0 aliphatic rings. The summed E-state index contributed by atoms with van der Waals surface area (Å²) in [5.41, 5.74) is 2.46. The zero-order valence-electron chi connectivity index (χ0n) is 13.9. The summed E-state index contributed by atoms with van der Waals surface area (Å²) in [6.45, 7) is 3.76. The van der Waals surface area contributed by atoms with E-state index in [1.807, 2.05) is 31.2 Å². The Kier molecular flexibility index (Phi) is 5.74. The van der Waals surface area contributed by atoms with E-state index >= 15 is 0 Å². The smallest absolute Gasteiger partial charge is 0.226 e. The van der Waals surface area contributed by atoms with Crippen molar-refractivity contribution in [3.63, 3.8) is 0 Å². The van der Waals surface area contributed by atoms with E-state index in [0.29, 0.717) is 17.3 Å². The Morgan fingerprint density at radius 1 is 1.25 bits per heavy atom. The van der Waals surface area contributed by atoms with Gasteiger partial charge in [-0.3, -0.25) is 4.79 Å². The molecular weight excluding hydrogens is 330 g/mol. The fraction of sp³-hybridized carbons (Fsp3) is 0.375. The van der Waals surface area contributed by atoms with Gasteiger partial charge in [0.1, 0.15) is 5.76 Å². The van der Waals surface area contributed by atoms with Gasteiger partial charge in [-0.15, -0.1) is 0 Å². The molecule has 0 spiro atoms. The predicted octanol–water partition coefficient (Wildman–Crippen LogP) is 1.17. The summed E-state index contributed by atoms with van der Waals surface area (Å²) in [7, 11) is -2.00. The van der Waals surface area contributed by atoms with Gasteiger partial charge in [-0.05, 0) is 32.5 Å². The number of aromatic nitrogens is 1. The van der Waals surface area contributed by atoms with E-state index < -0.39 is 10.0 Å². The highest BCUT2D eigenvalue weighted by molar-refractivity contribution is 7.89. The van der Waals surface area contributed by atoms with E-state index in [1.165, 1.54) is 7.05 Å². The van der Waals surface area contributed by atoms with Crippen LogP contribution in [-0.4, -0.2) is 38.7 Å². The summed E-state index contributed by atoms with van der Waals surface area (Å²) in [6.07, 6.45) is 0.0425. The number of nitrogens with zero attached hydrogens (tertiary/aromatic N) is 1. The van der Waals surface area contributed by atoms with Crippen molar-refractivity contribution in [1.29, 1.82) is 0 Å². The Morgan fingerprint density at radius 2 is 1.96 bits per heavy atom. The van der Waals surface area contributed by atoms with Crippen molar-refractivity contribution in [3.8, 4) is 11.5 Å². The Morgan fingerprint density at radius 3 is 2.62 bits per heavy atom. The number of rotatable bonds is 7. The number of amides is 1. The molecule has 0 atom stereocenters. The molecule has 2 aromatic rings. The molecule has 1 aromatic carbocycles. The number of nitrogens with one attached hydrogen (secondary N) is 2. The van der Waals surface area contributed by atoms with E-state index in [1.54, 1.807) is 6.92 Å². The van der Waals surface area contributed by atoms with Crippen LogP contribution in [0.25, 0.3) is 11.5 Å². The lowest BCUT2D eigenvalue weighted by Gasteiger charge is -2.04. The van der Waals surface area contributed by atoms with Crippen LogP contribution in [0, 0.1) is 13.8 Å². The molecule has 0 saturated heterocycles. The van der Waals surface area contributed by atoms with Gasteiger partial charge in [0.15, 0.2) is 0 Å². The van der Waals surface area contributed by atoms with Crippen LogP contribution in [-0.2, 0) is 21.2 Å². The van der Waals surface area contributed by atoms with Gasteiger partial charge in [-0.25, -0.2) is 18.1 Å². The number of benzene rings is 1. The average Bonchev–Trinajstić information content (AvgIpc) is 2.88. The van der Waals surface area contributed by atoms with Crippen molar-refractivity contribution in [3.05, 3.63) is 41.3 Å². The molecule has 0 unspecified atom stereocenters. The van der Waals surface area contributed by atoms with Gasteiger partial charge < -0.3 is 9.73 Å². The summed E-state index contributed by atoms with van der Waals surface area (Å²) in [4.78, 5) is 16.3. The molecule has 0 saturated carbocycles. The minimum Gasteiger partial charge on any atom is -0.441 e. The lowest BCUT2D eigenvalue weighted by molar-refractivity contribution is -0.120. The molecule has 1 amide bonds. The lowest BCUT2D eigenvalue weighted by atomic mass is 10.1. The van der Waals surface area contributed by atoms with Gasteiger partial charge in [-0.1, -0.05) is 18.2 Å². The number of hydrogen-bond acceptors (Lipinski definition) is 5. The van der Waals surface area contributed by atoms with Crippen LogP contribution in [0.5, 0.6) is 0 Å². The minimum atomic E-state index is -3.33. The SMILES string of the molecule is CNS(=O)(=O)CCNC(=O)Cc1nc(-c2ccccc2C)oc1C. The molecule has 2 rings (SSSR count). The molecule has 0 fully saturated rings. The van der Waals surface area contributed by atoms with E-state index in [2.05, 4.69) is 15.0 Å². The van der Waals surface area contributed by atoms with Crippen LogP contribution in [0.1, 0.15) is 17.0 Å². The van der Waals surface area contributed by atoms with Crippen LogP contribution in [0.2, 0.25) is 0 Å². The van der Waals surface area contributed by atoms with Gasteiger partial charge in [0.2, 0.25) is 21.8 Å². The number of oxazole rings is 1. The van der Waals surface area contributed by atoms with Crippen molar-refractivity contribution >= 4 is 15.9 Å². The first kappa shape index (κ1) is 18.2. The molecule has 7 nitrogen and oxygen atoms in total. The van der Waals surface area contributed by atoms with Crippen LogP contribution >= 0.6 is 0 Å². The van der Waals surface area contributed by atoms with Gasteiger partial charge in [0.25, 0.3) is 0 Å². The molecule has 1 heterocycles. The number of carbonyl (C=O) groups excluding carboxylic acids is 1. The zero-order chi connectivity index (χ0) is 17.7. The Labute approximate surface area is 141 Å². The summed E-state index contributed by atoms with van der Waals surface area (Å²) in [6, 6.07) is 7.70. The summed E-state index contributed by atoms with van der Waals surface area (Å²) in [5, 5.41) is 2.57. The van der Waals surface area contributed by atoms with Crippen molar-refractivity contribution in [2.75, 3.05) is 19.3 Å². The number of aryl methyl sites for hydroxylation is 2. The molecule has 0 bridgehead atoms. The highest BCUT2D eigenvalue weighted by Gasteiger charge is 2.16. The maximum atomic E-state index is 11.9. The third-order valence-corrected chi connectivity index (χ3v) is 4.96. The summed E-state index contributed by atoms with van der Waals surface area (Å²) in [5.74, 6) is 0.591. The Hall–Kier alpha value is -2.19. The number of carbonyl (C=O) groups is 1. The molecule has 1 aromatic heterocycles. The second-order valence-electron chi connectivity index (χ2n) is 5.39. The number of sulfonamides is 1. The highest BCUT2D eigenvalue weighted by Crippen LogP contribution is 2.24. The van der Waals surface area contributed by atoms with Gasteiger partial charge >= 0.3 is 0 Å². The monoisotopic (exact) mass is 351 g/mol. The fourth-order valence-electron chi connectivity index (χ4n) is 2.16. The van der Waals surface area contributed by atoms with Gasteiger partial charge in [0.05, 0.1) is 17.9 Å². The van der Waals surface area contributed by atoms with Crippen LogP contribution in [0.3, 0.4) is 0 Å². The Bertz CT molecular complexity index is 828. The first-order valence-corrected chi connectivity index (χ1v) is 9.18. The molecule has 8 heteroatoms. The first-order valence-electron chi connectivity index (χ1n) is 7.52. The third-order valence-electron chi connectivity index (χ3n) is 3.60. The average molecular weight is 351 g/mol. The van der Waals surface area contributed by atoms with Gasteiger partial charge in [-0.2, -0.15) is 0 Å². The Balaban J connectivity index is 2.01. The second-order valence-corrected chi connectivity index (χ2v) is 7.43. The van der Waals surface area contributed by atoms with Crippen molar-refractivity contribution < 1.29 is 17.6 Å². The first-order chi connectivity index (χ1) is 11.3. The molecule has 0 radical (unpaired) electrons. The van der Waals surface area contributed by atoms with Crippen LogP contribution < -0.4 is 10.0 Å². The lowest BCUT2D eigenvalue weighted by Crippen LogP contribution is -2.33. The number of hydrogen-bond donors (Lipinski definition) is 2. The van der Waals surface area contributed by atoms with Crippen molar-refractivity contribution in [1.82, 2.24) is 15.0 Å². The standard InChI is InChI=1S/C16H21N3O4S/c1-11-6-4-5-7-13(11)16-19-14(12(2)23-16)10-15(20)18-8-9-24(21,22)17-3/h4-7,17H,8-10H2,1-3H3,(H,18,20). The quantitative estimate of drug-likeness (QED) is 0.780. The topological polar surface area (TPSA) is 101 Å². The molecule has 130 valence electrons. The summed E-state index contributed by atoms with van der Waals surface area (Å²) < 4.78 is 30.4. The van der Waals surface area contributed by atoms with Gasteiger partial charge in [0, 0.05) is 12.1 Å². The molecular formula is C16H21N3O4S. The predicted molar refractivity (Wildman–Crippen MR) is 91.0 cm³/mol.